The van der Waals surface area contributed by atoms with E-state index in [-0.39, 0.29) is 0 Å². The molecule has 2 aliphatic rings. The fourth-order valence-electron chi connectivity index (χ4n) is 2.60. The summed E-state index contributed by atoms with van der Waals surface area (Å²) in [5, 5.41) is 10.8. The molecule has 25 heavy (non-hydrogen) atoms. The van der Waals surface area contributed by atoms with Gasteiger partial charge in [0, 0.05) is 60.3 Å². The lowest BCUT2D eigenvalue weighted by molar-refractivity contribution is 1.11. The Morgan fingerprint density at radius 1 is 1.28 bits per heavy atom. The lowest BCUT2D eigenvalue weighted by Gasteiger charge is -2.06. The average Bonchev–Trinajstić information content (AvgIpc) is 2.98. The van der Waals surface area contributed by atoms with Crippen LogP contribution in [-0.2, 0) is 0 Å². The predicted molar refractivity (Wildman–Crippen MR) is 104 cm³/mol. The smallest absolute Gasteiger partial charge is 0.0383 e. The minimum Gasteiger partial charge on any atom is -0.404 e. The highest BCUT2D eigenvalue weighted by Crippen LogP contribution is 2.20. The second kappa shape index (κ2) is 7.88. The Morgan fingerprint density at radius 3 is 3.04 bits per heavy atom. The number of aromatic nitrogens is 1. The third-order valence-corrected chi connectivity index (χ3v) is 3.85. The van der Waals surface area contributed by atoms with Crippen molar-refractivity contribution in [2.45, 2.75) is 6.42 Å². The van der Waals surface area contributed by atoms with E-state index in [1.54, 1.807) is 12.4 Å². The first-order chi connectivity index (χ1) is 12.3. The fraction of sp³-hybridized carbons (Fsp3) is 0.0500. The summed E-state index contributed by atoms with van der Waals surface area (Å²) in [5.41, 5.74) is 11.4. The van der Waals surface area contributed by atoms with Crippen LogP contribution in [0, 0.1) is 5.41 Å². The van der Waals surface area contributed by atoms with Crippen molar-refractivity contribution in [3.05, 3.63) is 89.3 Å². The highest BCUT2D eigenvalue weighted by atomic mass is 14.8. The molecule has 0 atom stereocenters. The van der Waals surface area contributed by atoms with E-state index in [2.05, 4.69) is 27.4 Å². The second-order valence-corrected chi connectivity index (χ2v) is 5.56. The summed E-state index contributed by atoms with van der Waals surface area (Å²) >= 11 is 0. The molecular weight excluding hydrogens is 310 g/mol. The van der Waals surface area contributed by atoms with Crippen LogP contribution in [0.15, 0.2) is 83.2 Å². The number of nitrogens with two attached hydrogens (primary N) is 1. The fourth-order valence-corrected chi connectivity index (χ4v) is 2.60. The van der Waals surface area contributed by atoms with E-state index in [0.29, 0.717) is 5.57 Å². The largest absolute Gasteiger partial charge is 0.404 e. The maximum atomic E-state index is 7.47. The Bertz CT molecular complexity index is 879. The van der Waals surface area contributed by atoms with Gasteiger partial charge in [-0.3, -0.25) is 9.98 Å². The molecule has 3 rings (SSSR count). The van der Waals surface area contributed by atoms with E-state index in [4.69, 9.17) is 11.1 Å². The van der Waals surface area contributed by atoms with Crippen molar-refractivity contribution in [3.63, 3.8) is 0 Å². The lowest BCUT2D eigenvalue weighted by atomic mass is 10.0. The van der Waals surface area contributed by atoms with Crippen molar-refractivity contribution in [2.75, 3.05) is 0 Å². The zero-order valence-corrected chi connectivity index (χ0v) is 13.7. The summed E-state index contributed by atoms with van der Waals surface area (Å²) in [4.78, 5) is 8.38. The summed E-state index contributed by atoms with van der Waals surface area (Å²) in [7, 11) is 0. The van der Waals surface area contributed by atoms with Crippen LogP contribution in [0.25, 0.3) is 11.6 Å². The number of aliphatic imine (C=N–C) groups is 1. The van der Waals surface area contributed by atoms with Gasteiger partial charge in [-0.05, 0) is 53.5 Å². The third-order valence-electron chi connectivity index (χ3n) is 3.85. The molecule has 0 saturated heterocycles. The molecule has 0 aromatic carbocycles. The summed E-state index contributed by atoms with van der Waals surface area (Å²) in [6, 6.07) is 1.84. The first kappa shape index (κ1) is 16.4. The molecule has 0 amide bonds. The van der Waals surface area contributed by atoms with Crippen LogP contribution >= 0.6 is 0 Å². The topological polar surface area (TPSA) is 87.2 Å². The van der Waals surface area contributed by atoms with Gasteiger partial charge in [-0.2, -0.15) is 0 Å². The Hall–Kier alpha value is -3.47. The lowest BCUT2D eigenvalue weighted by Crippen LogP contribution is -2.03. The third kappa shape index (κ3) is 4.09. The Kier molecular flexibility index (Phi) is 5.16. The molecule has 5 nitrogen and oxygen atoms in total. The van der Waals surface area contributed by atoms with Crippen LogP contribution in [0.5, 0.6) is 0 Å². The van der Waals surface area contributed by atoms with Crippen LogP contribution in [0.2, 0.25) is 0 Å². The minimum absolute atomic E-state index is 0.649. The van der Waals surface area contributed by atoms with Crippen LogP contribution in [0.4, 0.5) is 0 Å². The van der Waals surface area contributed by atoms with Gasteiger partial charge < -0.3 is 16.5 Å². The first-order valence-corrected chi connectivity index (χ1v) is 7.91. The van der Waals surface area contributed by atoms with E-state index in [1.165, 1.54) is 18.0 Å². The molecule has 0 unspecified atom stereocenters. The van der Waals surface area contributed by atoms with Gasteiger partial charge in [0.1, 0.15) is 0 Å². The molecule has 5 heteroatoms. The number of rotatable bonds is 5. The van der Waals surface area contributed by atoms with Gasteiger partial charge in [0.2, 0.25) is 0 Å². The normalized spacial score (nSPS) is 16.6. The molecule has 2 bridgehead atoms. The van der Waals surface area contributed by atoms with Crippen molar-refractivity contribution >= 4 is 24.1 Å². The van der Waals surface area contributed by atoms with Crippen molar-refractivity contribution < 1.29 is 0 Å². The number of fused-ring (bicyclic) bond motifs is 2. The zero-order chi connectivity index (χ0) is 17.5. The van der Waals surface area contributed by atoms with Gasteiger partial charge in [0.25, 0.3) is 0 Å². The van der Waals surface area contributed by atoms with E-state index in [9.17, 15) is 0 Å². The van der Waals surface area contributed by atoms with Gasteiger partial charge in [0.05, 0.1) is 0 Å². The van der Waals surface area contributed by atoms with Gasteiger partial charge >= 0.3 is 0 Å². The van der Waals surface area contributed by atoms with E-state index in [1.807, 2.05) is 42.9 Å². The molecule has 124 valence electrons. The molecular formula is C20H19N5. The molecule has 0 fully saturated rings. The highest BCUT2D eigenvalue weighted by Gasteiger charge is 2.06. The monoisotopic (exact) mass is 329 g/mol. The summed E-state index contributed by atoms with van der Waals surface area (Å²) in [5.74, 6) is 0. The SMILES string of the molecule is N=C/C(=C\N)c1ccncc1/C=C/NC1=CC=C2C=CN=CC(=C1)C2. The van der Waals surface area contributed by atoms with Crippen LogP contribution < -0.4 is 11.1 Å². The predicted octanol–water partition coefficient (Wildman–Crippen LogP) is 3.33. The molecule has 1 aliphatic carbocycles. The number of pyridine rings is 1. The van der Waals surface area contributed by atoms with Gasteiger partial charge in [0.15, 0.2) is 0 Å². The number of nitrogens with zero attached hydrogens (tertiary/aromatic N) is 2. The summed E-state index contributed by atoms with van der Waals surface area (Å²) in [6.07, 6.45) is 22.7. The first-order valence-electron chi connectivity index (χ1n) is 7.91. The number of hydrogen-bond donors (Lipinski definition) is 3. The van der Waals surface area contributed by atoms with Crippen molar-refractivity contribution in [1.82, 2.24) is 10.3 Å². The molecule has 0 spiro atoms. The van der Waals surface area contributed by atoms with Crippen molar-refractivity contribution in [3.8, 4) is 0 Å². The molecule has 1 aliphatic heterocycles. The van der Waals surface area contributed by atoms with Crippen LogP contribution in [0.1, 0.15) is 17.5 Å². The maximum absolute atomic E-state index is 7.47. The van der Waals surface area contributed by atoms with E-state index < -0.39 is 0 Å². The van der Waals surface area contributed by atoms with Gasteiger partial charge in [-0.1, -0.05) is 6.08 Å². The number of nitrogens with one attached hydrogen (secondary N) is 2. The Morgan fingerprint density at radius 2 is 2.20 bits per heavy atom. The highest BCUT2D eigenvalue weighted by molar-refractivity contribution is 6.09. The molecule has 0 saturated carbocycles. The molecule has 1 aromatic heterocycles. The second-order valence-electron chi connectivity index (χ2n) is 5.56. The molecule has 4 N–H and O–H groups in total. The summed E-state index contributed by atoms with van der Waals surface area (Å²) < 4.78 is 0. The summed E-state index contributed by atoms with van der Waals surface area (Å²) in [6.45, 7) is 0. The van der Waals surface area contributed by atoms with E-state index in [0.717, 1.165) is 28.8 Å². The number of hydrogen-bond acceptors (Lipinski definition) is 5. The minimum atomic E-state index is 0.649. The van der Waals surface area contributed by atoms with Gasteiger partial charge in [-0.25, -0.2) is 0 Å². The number of allylic oxidation sites excluding steroid dienone is 7. The molecule has 2 heterocycles. The Balaban J connectivity index is 1.80. The molecule has 1 aromatic rings. The maximum Gasteiger partial charge on any atom is 0.0383 e. The zero-order valence-electron chi connectivity index (χ0n) is 13.7. The quantitative estimate of drug-likeness (QED) is 0.724. The van der Waals surface area contributed by atoms with Crippen LogP contribution in [0.3, 0.4) is 0 Å². The Labute approximate surface area is 146 Å². The average molecular weight is 329 g/mol. The standard InChI is InChI=1S/C20H19N5/c21-11-18(12-22)20-5-7-24-14-17(20)4-8-25-19-2-1-15-3-6-23-13-16(9-15)10-19/h1-8,10-14,21,25H,9,22H2/b8-4+,18-12+,21-11?. The van der Waals surface area contributed by atoms with Gasteiger partial charge in [-0.15, -0.1) is 0 Å². The van der Waals surface area contributed by atoms with Crippen molar-refractivity contribution in [1.29, 1.82) is 5.41 Å². The molecule has 0 radical (unpaired) electrons. The van der Waals surface area contributed by atoms with Crippen LogP contribution in [-0.4, -0.2) is 17.4 Å². The van der Waals surface area contributed by atoms with Crippen molar-refractivity contribution in [2.24, 2.45) is 10.7 Å². The van der Waals surface area contributed by atoms with E-state index >= 15 is 0 Å².